The monoisotopic (exact) mass is 196 g/mol. The second kappa shape index (κ2) is 3.89. The lowest BCUT2D eigenvalue weighted by Crippen LogP contribution is -2.51. The average Bonchev–Trinajstić information content (AvgIpc) is 2.63. The summed E-state index contributed by atoms with van der Waals surface area (Å²) in [6.45, 7) is 2.72. The summed E-state index contributed by atoms with van der Waals surface area (Å²) in [6.07, 6.45) is 6.28. The van der Waals surface area contributed by atoms with E-state index in [1.165, 1.54) is 32.1 Å². The molecule has 80 valence electrons. The van der Waals surface area contributed by atoms with Gasteiger partial charge in [-0.3, -0.25) is 4.79 Å². The van der Waals surface area contributed by atoms with Crippen LogP contribution in [0.15, 0.2) is 0 Å². The molecule has 2 N–H and O–H groups in total. The Hall–Kier alpha value is -0.570. The number of nitrogens with zero attached hydrogens (tertiary/aromatic N) is 1. The fraction of sp³-hybridized carbons (Fsp3) is 0.909. The van der Waals surface area contributed by atoms with Crippen molar-refractivity contribution in [2.75, 3.05) is 6.54 Å². The first-order valence-electron chi connectivity index (χ1n) is 5.76. The number of amides is 1. The third-order valence-corrected chi connectivity index (χ3v) is 3.67. The Kier molecular flexibility index (Phi) is 2.77. The van der Waals surface area contributed by atoms with Crippen molar-refractivity contribution in [3.63, 3.8) is 0 Å². The summed E-state index contributed by atoms with van der Waals surface area (Å²) in [5.41, 5.74) is 5.66. The van der Waals surface area contributed by atoms with Crippen LogP contribution in [0.25, 0.3) is 0 Å². The van der Waals surface area contributed by atoms with Crippen molar-refractivity contribution in [3.8, 4) is 0 Å². The Bertz CT molecular complexity index is 227. The molecule has 0 radical (unpaired) electrons. The van der Waals surface area contributed by atoms with Gasteiger partial charge >= 0.3 is 0 Å². The average molecular weight is 196 g/mol. The van der Waals surface area contributed by atoms with E-state index < -0.39 is 0 Å². The van der Waals surface area contributed by atoms with E-state index in [1.54, 1.807) is 6.92 Å². The standard InChI is InChI=1S/C11H20N2O/c1-8(12)11(14)13-7-3-5-9-4-2-6-10(9)13/h8-10H,2-7,12H2,1H3/t8-,9-,10+/m0/s1. The van der Waals surface area contributed by atoms with Crippen molar-refractivity contribution in [2.45, 2.75) is 51.1 Å². The highest BCUT2D eigenvalue weighted by atomic mass is 16.2. The molecule has 1 aliphatic carbocycles. The highest BCUT2D eigenvalue weighted by Gasteiger charge is 2.37. The maximum atomic E-state index is 11.8. The summed E-state index contributed by atoms with van der Waals surface area (Å²) in [5.74, 6) is 0.924. The number of piperidine rings is 1. The zero-order valence-electron chi connectivity index (χ0n) is 8.91. The lowest BCUT2D eigenvalue weighted by atomic mass is 9.91. The Morgan fingerprint density at radius 3 is 2.79 bits per heavy atom. The molecular formula is C11H20N2O. The lowest BCUT2D eigenvalue weighted by molar-refractivity contribution is -0.136. The smallest absolute Gasteiger partial charge is 0.239 e. The van der Waals surface area contributed by atoms with E-state index in [2.05, 4.69) is 0 Å². The van der Waals surface area contributed by atoms with Crippen LogP contribution in [0.2, 0.25) is 0 Å². The Balaban J connectivity index is 2.06. The van der Waals surface area contributed by atoms with Crippen molar-refractivity contribution in [3.05, 3.63) is 0 Å². The molecule has 3 nitrogen and oxygen atoms in total. The van der Waals surface area contributed by atoms with Crippen LogP contribution in [0.3, 0.4) is 0 Å². The third kappa shape index (κ3) is 1.65. The number of carbonyl (C=O) groups excluding carboxylic acids is 1. The number of hydrogen-bond acceptors (Lipinski definition) is 2. The highest BCUT2D eigenvalue weighted by Crippen LogP contribution is 2.36. The van der Waals surface area contributed by atoms with Gasteiger partial charge in [-0.05, 0) is 38.5 Å². The second-order valence-electron chi connectivity index (χ2n) is 4.72. The molecule has 14 heavy (non-hydrogen) atoms. The molecular weight excluding hydrogens is 176 g/mol. The molecule has 1 amide bonds. The van der Waals surface area contributed by atoms with E-state index in [0.29, 0.717) is 6.04 Å². The van der Waals surface area contributed by atoms with Gasteiger partial charge in [-0.1, -0.05) is 6.42 Å². The highest BCUT2D eigenvalue weighted by molar-refractivity contribution is 5.81. The SMILES string of the molecule is C[C@H](N)C(=O)N1CCC[C@@H]2CCC[C@H]21. The van der Waals surface area contributed by atoms with Crippen LogP contribution in [0.5, 0.6) is 0 Å². The molecule has 1 saturated heterocycles. The normalized spacial score (nSPS) is 34.0. The van der Waals surface area contributed by atoms with Crippen LogP contribution in [0.1, 0.15) is 39.0 Å². The van der Waals surface area contributed by atoms with Gasteiger partial charge in [0.15, 0.2) is 0 Å². The predicted molar refractivity (Wildman–Crippen MR) is 55.7 cm³/mol. The van der Waals surface area contributed by atoms with E-state index in [4.69, 9.17) is 5.73 Å². The predicted octanol–water partition coefficient (Wildman–Crippen LogP) is 1.12. The van der Waals surface area contributed by atoms with Crippen LogP contribution >= 0.6 is 0 Å². The van der Waals surface area contributed by atoms with Crippen molar-refractivity contribution < 1.29 is 4.79 Å². The van der Waals surface area contributed by atoms with Crippen molar-refractivity contribution in [1.29, 1.82) is 0 Å². The van der Waals surface area contributed by atoms with E-state index in [1.807, 2.05) is 4.90 Å². The number of nitrogens with two attached hydrogens (primary N) is 1. The quantitative estimate of drug-likeness (QED) is 0.683. The first kappa shape index (κ1) is 9.97. The van der Waals surface area contributed by atoms with Crippen LogP contribution < -0.4 is 5.73 Å². The molecule has 0 spiro atoms. The molecule has 1 saturated carbocycles. The minimum atomic E-state index is -0.325. The molecule has 2 fully saturated rings. The Morgan fingerprint density at radius 1 is 1.36 bits per heavy atom. The third-order valence-electron chi connectivity index (χ3n) is 3.67. The van der Waals surface area contributed by atoms with Gasteiger partial charge in [0, 0.05) is 12.6 Å². The van der Waals surface area contributed by atoms with Crippen molar-refractivity contribution in [2.24, 2.45) is 11.7 Å². The largest absolute Gasteiger partial charge is 0.338 e. The fourth-order valence-electron chi connectivity index (χ4n) is 2.99. The summed E-state index contributed by atoms with van der Waals surface area (Å²) < 4.78 is 0. The van der Waals surface area contributed by atoms with Crippen molar-refractivity contribution in [1.82, 2.24) is 4.90 Å². The van der Waals surface area contributed by atoms with E-state index >= 15 is 0 Å². The first-order valence-corrected chi connectivity index (χ1v) is 5.76. The van der Waals surface area contributed by atoms with Crippen LogP contribution in [0.4, 0.5) is 0 Å². The minimum absolute atomic E-state index is 0.154. The molecule has 0 aromatic rings. The molecule has 0 aromatic carbocycles. The van der Waals surface area contributed by atoms with E-state index in [-0.39, 0.29) is 11.9 Å². The molecule has 0 unspecified atom stereocenters. The zero-order chi connectivity index (χ0) is 10.1. The Labute approximate surface area is 85.6 Å². The zero-order valence-corrected chi connectivity index (χ0v) is 8.91. The second-order valence-corrected chi connectivity index (χ2v) is 4.72. The summed E-state index contributed by atoms with van der Waals surface area (Å²) in [6, 6.07) is 0.191. The topological polar surface area (TPSA) is 46.3 Å². The molecule has 0 bridgehead atoms. The fourth-order valence-corrected chi connectivity index (χ4v) is 2.99. The van der Waals surface area contributed by atoms with Gasteiger partial charge in [0.1, 0.15) is 0 Å². The maximum Gasteiger partial charge on any atom is 0.239 e. The molecule has 2 aliphatic rings. The summed E-state index contributed by atoms with van der Waals surface area (Å²) in [5, 5.41) is 0. The summed E-state index contributed by atoms with van der Waals surface area (Å²) in [4.78, 5) is 13.9. The van der Waals surface area contributed by atoms with Gasteiger partial charge in [-0.25, -0.2) is 0 Å². The molecule has 1 heterocycles. The van der Waals surface area contributed by atoms with Gasteiger partial charge < -0.3 is 10.6 Å². The van der Waals surface area contributed by atoms with Gasteiger partial charge in [0.2, 0.25) is 5.91 Å². The van der Waals surface area contributed by atoms with Gasteiger partial charge in [-0.15, -0.1) is 0 Å². The molecule has 3 heteroatoms. The number of carbonyl (C=O) groups is 1. The van der Waals surface area contributed by atoms with Crippen LogP contribution in [0, 0.1) is 5.92 Å². The van der Waals surface area contributed by atoms with E-state index in [9.17, 15) is 4.79 Å². The first-order chi connectivity index (χ1) is 6.70. The van der Waals surface area contributed by atoms with Gasteiger partial charge in [0.05, 0.1) is 6.04 Å². The molecule has 3 atom stereocenters. The molecule has 1 aliphatic heterocycles. The number of rotatable bonds is 1. The van der Waals surface area contributed by atoms with Crippen LogP contribution in [-0.2, 0) is 4.79 Å². The van der Waals surface area contributed by atoms with Gasteiger partial charge in [0.25, 0.3) is 0 Å². The summed E-state index contributed by atoms with van der Waals surface area (Å²) in [7, 11) is 0. The molecule has 2 rings (SSSR count). The van der Waals surface area contributed by atoms with Crippen molar-refractivity contribution >= 4 is 5.91 Å². The van der Waals surface area contributed by atoms with Gasteiger partial charge in [-0.2, -0.15) is 0 Å². The number of hydrogen-bond donors (Lipinski definition) is 1. The number of fused-ring (bicyclic) bond motifs is 1. The van der Waals surface area contributed by atoms with E-state index in [0.717, 1.165) is 12.5 Å². The van der Waals surface area contributed by atoms with Crippen LogP contribution in [-0.4, -0.2) is 29.4 Å². The number of likely N-dealkylation sites (tertiary alicyclic amines) is 1. The summed E-state index contributed by atoms with van der Waals surface area (Å²) >= 11 is 0. The maximum absolute atomic E-state index is 11.8. The lowest BCUT2D eigenvalue weighted by Gasteiger charge is -2.38. The Morgan fingerprint density at radius 2 is 2.07 bits per heavy atom. The minimum Gasteiger partial charge on any atom is -0.338 e. The molecule has 0 aromatic heterocycles.